The van der Waals surface area contributed by atoms with Gasteiger partial charge in [-0.1, -0.05) is 6.07 Å². The van der Waals surface area contributed by atoms with E-state index in [1.165, 1.54) is 0 Å². The molecule has 0 N–H and O–H groups in total. The van der Waals surface area contributed by atoms with Gasteiger partial charge in [0.1, 0.15) is 17.4 Å². The SMILES string of the molecule is COc1ccc(-c2nn3c(N4CCN(c5ccccn5)CC4)cc(C)nc3c2C)cc1. The highest BCUT2D eigenvalue weighted by molar-refractivity contribution is 5.72. The molecule has 5 rings (SSSR count). The summed E-state index contributed by atoms with van der Waals surface area (Å²) < 4.78 is 7.29. The maximum absolute atomic E-state index is 5.30. The molecule has 0 unspecified atom stereocenters. The van der Waals surface area contributed by atoms with E-state index in [-0.39, 0.29) is 0 Å². The van der Waals surface area contributed by atoms with E-state index in [2.05, 4.69) is 33.8 Å². The Morgan fingerprint density at radius 1 is 0.903 bits per heavy atom. The quantitative estimate of drug-likeness (QED) is 0.507. The Hall–Kier alpha value is -3.61. The predicted molar refractivity (Wildman–Crippen MR) is 123 cm³/mol. The first-order chi connectivity index (χ1) is 15.1. The molecule has 31 heavy (non-hydrogen) atoms. The standard InChI is InChI=1S/C24H26N6O/c1-17-16-22(29-14-12-28(13-15-29)21-6-4-5-11-25-21)30-24(26-17)18(2)23(27-30)19-7-9-20(31-3)10-8-19/h4-11,16H,12-15H2,1-3H3. The van der Waals surface area contributed by atoms with Gasteiger partial charge in [-0.15, -0.1) is 0 Å². The number of methoxy groups -OCH3 is 1. The van der Waals surface area contributed by atoms with Gasteiger partial charge in [-0.05, 0) is 50.2 Å². The number of benzene rings is 1. The van der Waals surface area contributed by atoms with Crippen LogP contribution in [0.2, 0.25) is 0 Å². The third kappa shape index (κ3) is 3.56. The van der Waals surface area contributed by atoms with Crippen LogP contribution in [0.4, 0.5) is 11.6 Å². The van der Waals surface area contributed by atoms with E-state index in [0.717, 1.165) is 71.7 Å². The second kappa shape index (κ2) is 7.91. The van der Waals surface area contributed by atoms with Gasteiger partial charge in [0, 0.05) is 55.3 Å². The average molecular weight is 415 g/mol. The van der Waals surface area contributed by atoms with Crippen LogP contribution < -0.4 is 14.5 Å². The highest BCUT2D eigenvalue weighted by atomic mass is 16.5. The van der Waals surface area contributed by atoms with Gasteiger partial charge < -0.3 is 14.5 Å². The third-order valence-corrected chi connectivity index (χ3v) is 5.87. The summed E-state index contributed by atoms with van der Waals surface area (Å²) in [6.45, 7) is 7.80. The Labute approximate surface area is 181 Å². The van der Waals surface area contributed by atoms with Gasteiger partial charge in [0.05, 0.1) is 12.8 Å². The fourth-order valence-electron chi connectivity index (χ4n) is 4.18. The zero-order valence-electron chi connectivity index (χ0n) is 18.1. The van der Waals surface area contributed by atoms with Gasteiger partial charge in [-0.25, -0.2) is 9.97 Å². The topological polar surface area (TPSA) is 58.8 Å². The number of nitrogens with zero attached hydrogens (tertiary/aromatic N) is 6. The lowest BCUT2D eigenvalue weighted by Gasteiger charge is -2.36. The first-order valence-electron chi connectivity index (χ1n) is 10.6. The van der Waals surface area contributed by atoms with Crippen molar-refractivity contribution in [2.75, 3.05) is 43.1 Å². The number of ether oxygens (including phenoxy) is 1. The lowest BCUT2D eigenvalue weighted by Crippen LogP contribution is -2.47. The number of fused-ring (bicyclic) bond motifs is 1. The first kappa shape index (κ1) is 19.4. The van der Waals surface area contributed by atoms with E-state index in [1.807, 2.05) is 54.0 Å². The van der Waals surface area contributed by atoms with E-state index in [0.29, 0.717) is 0 Å². The van der Waals surface area contributed by atoms with Crippen LogP contribution >= 0.6 is 0 Å². The molecule has 1 aromatic carbocycles. The summed E-state index contributed by atoms with van der Waals surface area (Å²) in [6.07, 6.45) is 1.85. The largest absolute Gasteiger partial charge is 0.497 e. The molecule has 3 aromatic heterocycles. The molecule has 0 spiro atoms. The summed E-state index contributed by atoms with van der Waals surface area (Å²) in [5.41, 5.74) is 5.01. The van der Waals surface area contributed by atoms with Gasteiger partial charge in [0.15, 0.2) is 5.65 Å². The van der Waals surface area contributed by atoms with Crippen molar-refractivity contribution in [3.05, 3.63) is 66.0 Å². The lowest BCUT2D eigenvalue weighted by atomic mass is 10.1. The van der Waals surface area contributed by atoms with Gasteiger partial charge in [-0.2, -0.15) is 9.61 Å². The summed E-state index contributed by atoms with van der Waals surface area (Å²) >= 11 is 0. The molecule has 0 aliphatic carbocycles. The zero-order valence-corrected chi connectivity index (χ0v) is 18.1. The Bertz CT molecular complexity index is 1190. The van der Waals surface area contributed by atoms with Gasteiger partial charge in [0.25, 0.3) is 0 Å². The van der Waals surface area contributed by atoms with Crippen molar-refractivity contribution in [3.8, 4) is 17.0 Å². The first-order valence-corrected chi connectivity index (χ1v) is 10.6. The molecule has 0 amide bonds. The molecular formula is C24H26N6O. The number of pyridine rings is 1. The monoisotopic (exact) mass is 414 g/mol. The van der Waals surface area contributed by atoms with Crippen molar-refractivity contribution in [2.24, 2.45) is 0 Å². The summed E-state index contributed by atoms with van der Waals surface area (Å²) in [7, 11) is 1.68. The van der Waals surface area contributed by atoms with Crippen LogP contribution in [0.5, 0.6) is 5.75 Å². The molecule has 0 bridgehead atoms. The fraction of sp³-hybridized carbons (Fsp3) is 0.292. The van der Waals surface area contributed by atoms with Gasteiger partial charge in [0.2, 0.25) is 0 Å². The van der Waals surface area contributed by atoms with Gasteiger partial charge in [-0.3, -0.25) is 0 Å². The molecule has 4 heterocycles. The van der Waals surface area contributed by atoms with Crippen LogP contribution in [-0.2, 0) is 0 Å². The molecule has 7 nitrogen and oxygen atoms in total. The molecule has 1 aliphatic heterocycles. The molecule has 7 heteroatoms. The predicted octanol–water partition coefficient (Wildman–Crippen LogP) is 3.74. The third-order valence-electron chi connectivity index (χ3n) is 5.87. The maximum atomic E-state index is 5.30. The second-order valence-corrected chi connectivity index (χ2v) is 7.86. The van der Waals surface area contributed by atoms with Crippen LogP contribution in [0.1, 0.15) is 11.3 Å². The summed E-state index contributed by atoms with van der Waals surface area (Å²) in [6, 6.07) is 16.2. The number of hydrogen-bond donors (Lipinski definition) is 0. The number of rotatable bonds is 4. The molecule has 158 valence electrons. The lowest BCUT2D eigenvalue weighted by molar-refractivity contribution is 0.415. The number of hydrogen-bond acceptors (Lipinski definition) is 6. The highest BCUT2D eigenvalue weighted by Crippen LogP contribution is 2.29. The summed E-state index contributed by atoms with van der Waals surface area (Å²) in [5.74, 6) is 2.96. The van der Waals surface area contributed by atoms with Gasteiger partial charge >= 0.3 is 0 Å². The minimum absolute atomic E-state index is 0.839. The van der Waals surface area contributed by atoms with Crippen molar-refractivity contribution in [2.45, 2.75) is 13.8 Å². The zero-order chi connectivity index (χ0) is 21.4. The minimum atomic E-state index is 0.839. The minimum Gasteiger partial charge on any atom is -0.497 e. The molecule has 1 fully saturated rings. The Morgan fingerprint density at radius 2 is 1.65 bits per heavy atom. The Balaban J connectivity index is 1.48. The second-order valence-electron chi connectivity index (χ2n) is 7.86. The van der Waals surface area contributed by atoms with Crippen molar-refractivity contribution >= 4 is 17.3 Å². The average Bonchev–Trinajstić information content (AvgIpc) is 3.15. The van der Waals surface area contributed by atoms with Crippen molar-refractivity contribution in [3.63, 3.8) is 0 Å². The van der Waals surface area contributed by atoms with E-state index in [9.17, 15) is 0 Å². The highest BCUT2D eigenvalue weighted by Gasteiger charge is 2.23. The number of aryl methyl sites for hydroxylation is 2. The Morgan fingerprint density at radius 3 is 2.32 bits per heavy atom. The fourth-order valence-corrected chi connectivity index (χ4v) is 4.18. The van der Waals surface area contributed by atoms with Crippen molar-refractivity contribution < 1.29 is 4.74 Å². The Kier molecular flexibility index (Phi) is 4.94. The van der Waals surface area contributed by atoms with Crippen LogP contribution in [0, 0.1) is 13.8 Å². The van der Waals surface area contributed by atoms with Crippen molar-refractivity contribution in [1.82, 2.24) is 19.6 Å². The van der Waals surface area contributed by atoms with Crippen LogP contribution in [-0.4, -0.2) is 52.9 Å². The maximum Gasteiger partial charge on any atom is 0.161 e. The molecule has 0 atom stereocenters. The van der Waals surface area contributed by atoms with E-state index in [4.69, 9.17) is 14.8 Å². The van der Waals surface area contributed by atoms with E-state index < -0.39 is 0 Å². The number of aromatic nitrogens is 4. The van der Waals surface area contributed by atoms with E-state index in [1.54, 1.807) is 7.11 Å². The molecule has 0 saturated carbocycles. The van der Waals surface area contributed by atoms with Crippen molar-refractivity contribution in [1.29, 1.82) is 0 Å². The number of anilines is 2. The summed E-state index contributed by atoms with van der Waals surface area (Å²) in [5, 5.41) is 4.98. The van der Waals surface area contributed by atoms with E-state index >= 15 is 0 Å². The molecule has 0 radical (unpaired) electrons. The molecular weight excluding hydrogens is 388 g/mol. The van der Waals surface area contributed by atoms with Crippen LogP contribution in [0.15, 0.2) is 54.7 Å². The molecule has 4 aromatic rings. The summed E-state index contributed by atoms with van der Waals surface area (Å²) in [4.78, 5) is 14.0. The van der Waals surface area contributed by atoms with Crippen LogP contribution in [0.3, 0.4) is 0 Å². The molecule has 1 saturated heterocycles. The number of piperazine rings is 1. The smallest absolute Gasteiger partial charge is 0.161 e. The van der Waals surface area contributed by atoms with Crippen LogP contribution in [0.25, 0.3) is 16.9 Å². The molecule has 1 aliphatic rings. The normalized spacial score (nSPS) is 14.3.